The Kier molecular flexibility index (Phi) is 2.29. The van der Waals surface area contributed by atoms with Crippen molar-refractivity contribution in [1.82, 2.24) is 5.39 Å². The van der Waals surface area contributed by atoms with E-state index in [0.717, 1.165) is 0 Å². The van der Waals surface area contributed by atoms with Gasteiger partial charge in [0, 0.05) is 0 Å². The molecule has 3 saturated heterocycles. The van der Waals surface area contributed by atoms with Gasteiger partial charge in [-0.2, -0.15) is 8.62 Å². The van der Waals surface area contributed by atoms with Crippen LogP contribution in [0.15, 0.2) is 0 Å². The van der Waals surface area contributed by atoms with E-state index in [1.54, 1.807) is 0 Å². The van der Waals surface area contributed by atoms with E-state index >= 15 is 0 Å². The molecule has 1 atom stereocenters. The fraction of sp³-hybridized carbons (Fsp3) is 0. The molecule has 14 heavy (non-hydrogen) atoms. The molecule has 2 bridgehead atoms. The molecule has 0 amide bonds. The number of hydrogen-bond acceptors (Lipinski definition) is 9. The Morgan fingerprint density at radius 2 is 1.79 bits per heavy atom. The number of phosphoric acid groups is 3. The summed E-state index contributed by atoms with van der Waals surface area (Å²) < 4.78 is 52.2. The van der Waals surface area contributed by atoms with Gasteiger partial charge in [0.05, 0.1) is 0 Å². The summed E-state index contributed by atoms with van der Waals surface area (Å²) >= 11 is 0. The molecule has 3 heterocycles. The van der Waals surface area contributed by atoms with Gasteiger partial charge in [0.25, 0.3) is 0 Å². The third-order valence-electron chi connectivity index (χ3n) is 0.906. The summed E-state index contributed by atoms with van der Waals surface area (Å²) in [6, 6.07) is 0. The lowest BCUT2D eigenvalue weighted by Crippen LogP contribution is -2.36. The second-order valence-electron chi connectivity index (χ2n) is 2.02. The van der Waals surface area contributed by atoms with Gasteiger partial charge in [0.2, 0.25) is 0 Å². The first-order valence-corrected chi connectivity index (χ1v) is 7.22. The van der Waals surface area contributed by atoms with Crippen LogP contribution in [0.3, 0.4) is 0 Å². The smallest absolute Gasteiger partial charge is 0.302 e. The van der Waals surface area contributed by atoms with E-state index in [4.69, 9.17) is 9.79 Å². The van der Waals surface area contributed by atoms with Gasteiger partial charge < -0.3 is 9.79 Å². The molecule has 82 valence electrons. The van der Waals surface area contributed by atoms with Crippen molar-refractivity contribution >= 4 is 23.5 Å². The van der Waals surface area contributed by atoms with E-state index < -0.39 is 23.5 Å². The summed E-state index contributed by atoms with van der Waals surface area (Å²) in [7, 11) is -13.8. The fourth-order valence-corrected chi connectivity index (χ4v) is 4.24. The molecular weight excluding hydrogens is 267 g/mol. The zero-order valence-corrected chi connectivity index (χ0v) is 8.63. The van der Waals surface area contributed by atoms with Gasteiger partial charge in [-0.25, -0.2) is 13.7 Å². The minimum Gasteiger partial charge on any atom is -0.302 e. The topological polar surface area (TPSA) is 141 Å². The van der Waals surface area contributed by atoms with Crippen molar-refractivity contribution in [2.24, 2.45) is 0 Å². The van der Waals surface area contributed by atoms with Crippen LogP contribution >= 0.6 is 23.5 Å². The lowest BCUT2D eigenvalue weighted by molar-refractivity contribution is -0.495. The normalized spacial score (nSPS) is 47.1. The Hall–Kier alpha value is 0.370. The molecule has 11 nitrogen and oxygen atoms in total. The van der Waals surface area contributed by atoms with Crippen LogP contribution in [0.4, 0.5) is 0 Å². The van der Waals surface area contributed by atoms with Gasteiger partial charge in [0.15, 0.2) is 0 Å². The van der Waals surface area contributed by atoms with Crippen molar-refractivity contribution in [3.8, 4) is 0 Å². The van der Waals surface area contributed by atoms with Crippen molar-refractivity contribution < 1.29 is 46.0 Å². The van der Waals surface area contributed by atoms with Gasteiger partial charge in [-0.3, -0.25) is 0 Å². The van der Waals surface area contributed by atoms with Crippen LogP contribution in [0.1, 0.15) is 0 Å². The van der Waals surface area contributed by atoms with Gasteiger partial charge >= 0.3 is 23.5 Å². The molecule has 3 aliphatic rings. The molecule has 0 aromatic carbocycles. The number of nitrogens with zero attached hydrogens (tertiary/aromatic N) is 1. The van der Waals surface area contributed by atoms with Crippen LogP contribution in [0.25, 0.3) is 0 Å². The maximum Gasteiger partial charge on any atom is 0.524 e. The van der Waals surface area contributed by atoms with E-state index in [1.165, 1.54) is 0 Å². The number of rotatable bonds is 2. The highest BCUT2D eigenvalue weighted by Gasteiger charge is 2.63. The van der Waals surface area contributed by atoms with Crippen LogP contribution in [0.5, 0.6) is 0 Å². The van der Waals surface area contributed by atoms with Crippen LogP contribution in [0, 0.1) is 0 Å². The Balaban J connectivity index is 2.16. The standard InChI is InChI=1S/H2NO10P3/c2-12(3,4)10-14(6)9-1-7-13(5,8-1)11-14/h(H2,2,3,4). The van der Waals surface area contributed by atoms with Crippen molar-refractivity contribution in [2.45, 2.75) is 0 Å². The van der Waals surface area contributed by atoms with Gasteiger partial charge in [-0.15, -0.1) is 13.9 Å². The second kappa shape index (κ2) is 2.94. The zero-order chi connectivity index (χ0) is 10.6. The fourth-order valence-electron chi connectivity index (χ4n) is 0.608. The number of hydrogen-bond donors (Lipinski definition) is 2. The minimum atomic E-state index is -5.11. The second-order valence-corrected chi connectivity index (χ2v) is 6.58. The van der Waals surface area contributed by atoms with Crippen LogP contribution < -0.4 is 0 Å². The Morgan fingerprint density at radius 1 is 1.21 bits per heavy atom. The van der Waals surface area contributed by atoms with Crippen molar-refractivity contribution in [3.63, 3.8) is 0 Å². The first kappa shape index (κ1) is 10.9. The lowest BCUT2D eigenvalue weighted by Gasteiger charge is -2.38. The Labute approximate surface area is 75.8 Å². The third-order valence-corrected chi connectivity index (χ3v) is 5.16. The largest absolute Gasteiger partial charge is 0.524 e. The first-order chi connectivity index (χ1) is 6.20. The van der Waals surface area contributed by atoms with Gasteiger partial charge in [-0.1, -0.05) is 0 Å². The van der Waals surface area contributed by atoms with E-state index in [0.29, 0.717) is 0 Å². The molecule has 0 aromatic rings. The maximum absolute atomic E-state index is 11.2. The quantitative estimate of drug-likeness (QED) is 0.674. The average molecular weight is 269 g/mol. The summed E-state index contributed by atoms with van der Waals surface area (Å²) in [4.78, 5) is 16.6. The molecule has 3 rings (SSSR count). The molecular formula is H2NO10P3. The van der Waals surface area contributed by atoms with Crippen molar-refractivity contribution in [1.29, 1.82) is 0 Å². The minimum absolute atomic E-state index is 0.0146. The molecule has 0 radical (unpaired) electrons. The monoisotopic (exact) mass is 269 g/mol. The van der Waals surface area contributed by atoms with Gasteiger partial charge in [-0.05, 0) is 0 Å². The zero-order valence-electron chi connectivity index (χ0n) is 5.95. The van der Waals surface area contributed by atoms with E-state index in [1.807, 2.05) is 0 Å². The molecule has 1 unspecified atom stereocenters. The lowest BCUT2D eigenvalue weighted by atomic mass is 13.0. The van der Waals surface area contributed by atoms with Gasteiger partial charge in [0.1, 0.15) is 5.39 Å². The van der Waals surface area contributed by atoms with Crippen LogP contribution in [0.2, 0.25) is 0 Å². The highest BCUT2D eigenvalue weighted by Crippen LogP contribution is 2.79. The van der Waals surface area contributed by atoms with Crippen LogP contribution in [-0.2, 0) is 36.2 Å². The highest BCUT2D eigenvalue weighted by molar-refractivity contribution is 7.68. The first-order valence-electron chi connectivity index (χ1n) is 2.77. The summed E-state index contributed by atoms with van der Waals surface area (Å²) in [5, 5.41) is 0.0146. The average Bonchev–Trinajstić information content (AvgIpc) is 1.73. The Bertz CT molecular complexity index is 374. The Morgan fingerprint density at radius 3 is 2.21 bits per heavy atom. The maximum atomic E-state index is 11.2. The predicted molar refractivity (Wildman–Crippen MR) is 34.5 cm³/mol. The summed E-state index contributed by atoms with van der Waals surface area (Å²) in [5.41, 5.74) is 0. The molecule has 14 heteroatoms. The molecule has 0 aromatic heterocycles. The molecule has 0 saturated carbocycles. The summed E-state index contributed by atoms with van der Waals surface area (Å²) in [5.74, 6) is 0. The molecule has 2 N–H and O–H groups in total. The summed E-state index contributed by atoms with van der Waals surface area (Å²) in [6.07, 6.45) is 0. The molecule has 0 aliphatic carbocycles. The van der Waals surface area contributed by atoms with E-state index in [-0.39, 0.29) is 5.39 Å². The highest BCUT2D eigenvalue weighted by atomic mass is 31.3. The van der Waals surface area contributed by atoms with Crippen molar-refractivity contribution in [3.05, 3.63) is 0 Å². The molecule has 3 aliphatic heterocycles. The van der Waals surface area contributed by atoms with Crippen molar-refractivity contribution in [2.75, 3.05) is 0 Å². The molecule has 3 fully saturated rings. The van der Waals surface area contributed by atoms with E-state index in [2.05, 4.69) is 22.5 Å². The molecule has 0 spiro atoms. The number of fused-ring (bicyclic) bond motifs is 2. The predicted octanol–water partition coefficient (Wildman–Crippen LogP) is 0.452. The van der Waals surface area contributed by atoms with Crippen LogP contribution in [-0.4, -0.2) is 15.2 Å². The summed E-state index contributed by atoms with van der Waals surface area (Å²) in [6.45, 7) is 0. The van der Waals surface area contributed by atoms with E-state index in [9.17, 15) is 13.7 Å². The third kappa shape index (κ3) is 2.13. The SMILES string of the molecule is O=P(O)(O)OP1(=O)ON2OP(=O)(O2)O1.